The van der Waals surface area contributed by atoms with Gasteiger partial charge in [-0.25, -0.2) is 4.98 Å². The van der Waals surface area contributed by atoms with Crippen LogP contribution in [0.2, 0.25) is 0 Å². The highest BCUT2D eigenvalue weighted by Crippen LogP contribution is 2.25. The van der Waals surface area contributed by atoms with Crippen molar-refractivity contribution in [3.05, 3.63) is 102 Å². The van der Waals surface area contributed by atoms with Crippen molar-refractivity contribution in [2.75, 3.05) is 33.2 Å². The van der Waals surface area contributed by atoms with E-state index < -0.39 is 6.04 Å². The van der Waals surface area contributed by atoms with Crippen LogP contribution in [0.3, 0.4) is 0 Å². The van der Waals surface area contributed by atoms with Crippen molar-refractivity contribution in [2.24, 2.45) is 0 Å². The van der Waals surface area contributed by atoms with E-state index in [2.05, 4.69) is 27.7 Å². The van der Waals surface area contributed by atoms with E-state index in [4.69, 9.17) is 4.98 Å². The molecule has 0 aliphatic carbocycles. The molecule has 0 saturated carbocycles. The third kappa shape index (κ3) is 5.12. The highest BCUT2D eigenvalue weighted by atomic mass is 16.2. The zero-order chi connectivity index (χ0) is 24.9. The van der Waals surface area contributed by atoms with E-state index in [0.717, 1.165) is 48.2 Å². The molecule has 2 N–H and O–H groups in total. The molecule has 0 spiro atoms. The Kier molecular flexibility index (Phi) is 7.02. The minimum Gasteiger partial charge on any atom is -0.304 e. The van der Waals surface area contributed by atoms with Crippen LogP contribution in [0.1, 0.15) is 22.0 Å². The van der Waals surface area contributed by atoms with Gasteiger partial charge >= 0.3 is 0 Å². The Bertz CT molecular complexity index is 1350. The van der Waals surface area contributed by atoms with Gasteiger partial charge in [-0.15, -0.1) is 0 Å². The van der Waals surface area contributed by atoms with Gasteiger partial charge in [0, 0.05) is 37.1 Å². The van der Waals surface area contributed by atoms with E-state index in [0.29, 0.717) is 11.3 Å². The van der Waals surface area contributed by atoms with E-state index in [1.54, 1.807) is 6.07 Å². The normalized spacial score (nSPS) is 15.4. The number of fused-ring (bicyclic) bond motifs is 1. The van der Waals surface area contributed by atoms with Crippen molar-refractivity contribution in [3.63, 3.8) is 0 Å². The van der Waals surface area contributed by atoms with Crippen LogP contribution < -0.4 is 10.9 Å². The van der Waals surface area contributed by atoms with Gasteiger partial charge in [0.05, 0.1) is 16.8 Å². The summed E-state index contributed by atoms with van der Waals surface area (Å²) in [6.07, 6.45) is 0. The molecule has 0 radical (unpaired) electrons. The molecule has 1 fully saturated rings. The summed E-state index contributed by atoms with van der Waals surface area (Å²) < 4.78 is 0. The van der Waals surface area contributed by atoms with Crippen LogP contribution in [0.5, 0.6) is 0 Å². The quantitative estimate of drug-likeness (QED) is 0.428. The first-order chi connectivity index (χ1) is 17.6. The molecule has 1 aliphatic rings. The Morgan fingerprint density at radius 2 is 1.44 bits per heavy atom. The number of nitrogens with zero attached hydrogens (tertiary/aromatic N) is 3. The average molecular weight is 480 g/mol. The molecule has 5 rings (SSSR count). The number of carbonyl (C=O) groups excluding carboxylic acids is 2. The van der Waals surface area contributed by atoms with Crippen molar-refractivity contribution < 1.29 is 9.59 Å². The molecule has 36 heavy (non-hydrogen) atoms. The highest BCUT2D eigenvalue weighted by molar-refractivity contribution is 6.07. The van der Waals surface area contributed by atoms with Crippen LogP contribution >= 0.6 is 0 Å². The van der Waals surface area contributed by atoms with Crippen LogP contribution in [-0.2, 0) is 4.79 Å². The van der Waals surface area contributed by atoms with Gasteiger partial charge in [0.25, 0.3) is 11.8 Å². The fourth-order valence-electron chi connectivity index (χ4n) is 4.62. The fraction of sp³-hybridized carbons (Fsp3) is 0.207. The minimum absolute atomic E-state index is 0.263. The van der Waals surface area contributed by atoms with E-state index in [1.165, 1.54) is 0 Å². The SMILES string of the molecule is CN1CCN(C(C(=O)NNC(=O)c2cc(-c3ccccc3)nc3ccccc23)c2ccccc2)CC1. The number of hydrogen-bond donors (Lipinski definition) is 2. The smallest absolute Gasteiger partial charge is 0.270 e. The Labute approximate surface area is 210 Å². The van der Waals surface area contributed by atoms with Crippen molar-refractivity contribution in [1.29, 1.82) is 0 Å². The summed E-state index contributed by atoms with van der Waals surface area (Å²) in [5.74, 6) is -0.648. The third-order valence-corrected chi connectivity index (χ3v) is 6.60. The van der Waals surface area contributed by atoms with Crippen LogP contribution in [0.25, 0.3) is 22.2 Å². The standard InChI is InChI=1S/C29H29N5O2/c1-33-16-18-34(19-17-33)27(22-12-6-3-7-13-22)29(36)32-31-28(35)24-20-26(21-10-4-2-5-11-21)30-25-15-9-8-14-23(24)25/h2-15,20,27H,16-19H2,1H3,(H,31,35)(H,32,36). The van der Waals surface area contributed by atoms with E-state index in [1.807, 2.05) is 84.9 Å². The number of rotatable bonds is 5. The molecule has 182 valence electrons. The Balaban J connectivity index is 1.39. The first-order valence-corrected chi connectivity index (χ1v) is 12.1. The van der Waals surface area contributed by atoms with Crippen molar-refractivity contribution in [1.82, 2.24) is 25.6 Å². The Morgan fingerprint density at radius 3 is 2.17 bits per heavy atom. The summed E-state index contributed by atoms with van der Waals surface area (Å²) in [4.78, 5) is 35.9. The van der Waals surface area contributed by atoms with Gasteiger partial charge < -0.3 is 4.90 Å². The number of hydrazine groups is 1. The van der Waals surface area contributed by atoms with E-state index in [9.17, 15) is 9.59 Å². The molecule has 1 aromatic heterocycles. The molecular formula is C29H29N5O2. The molecule has 1 saturated heterocycles. The molecule has 0 bridgehead atoms. The van der Waals surface area contributed by atoms with Crippen LogP contribution in [0.15, 0.2) is 91.0 Å². The summed E-state index contributed by atoms with van der Waals surface area (Å²) in [5.41, 5.74) is 9.05. The molecule has 2 amide bonds. The summed E-state index contributed by atoms with van der Waals surface area (Å²) in [5, 5.41) is 0.725. The predicted octanol–water partition coefficient (Wildman–Crippen LogP) is 3.65. The predicted molar refractivity (Wildman–Crippen MR) is 141 cm³/mol. The number of likely N-dealkylation sites (N-methyl/N-ethyl adjacent to an activating group) is 1. The molecule has 4 aromatic rings. The van der Waals surface area contributed by atoms with E-state index >= 15 is 0 Å². The fourth-order valence-corrected chi connectivity index (χ4v) is 4.62. The van der Waals surface area contributed by atoms with Crippen LogP contribution in [0, 0.1) is 0 Å². The third-order valence-electron chi connectivity index (χ3n) is 6.60. The second-order valence-electron chi connectivity index (χ2n) is 9.03. The van der Waals surface area contributed by atoms with Gasteiger partial charge in [-0.3, -0.25) is 25.3 Å². The molecule has 1 aliphatic heterocycles. The molecule has 1 unspecified atom stereocenters. The number of amides is 2. The lowest BCUT2D eigenvalue weighted by molar-refractivity contribution is -0.128. The molecule has 7 heteroatoms. The summed E-state index contributed by atoms with van der Waals surface area (Å²) in [6.45, 7) is 3.31. The first-order valence-electron chi connectivity index (χ1n) is 12.1. The van der Waals surface area contributed by atoms with E-state index in [-0.39, 0.29) is 11.8 Å². The molecule has 1 atom stereocenters. The van der Waals surface area contributed by atoms with Crippen LogP contribution in [0.4, 0.5) is 0 Å². The maximum Gasteiger partial charge on any atom is 0.270 e. The van der Waals surface area contributed by atoms with Gasteiger partial charge in [0.15, 0.2) is 0 Å². The summed E-state index contributed by atoms with van der Waals surface area (Å²) in [7, 11) is 2.08. The largest absolute Gasteiger partial charge is 0.304 e. The Morgan fingerprint density at radius 1 is 0.806 bits per heavy atom. The second kappa shape index (κ2) is 10.7. The van der Waals surface area contributed by atoms with Crippen molar-refractivity contribution in [2.45, 2.75) is 6.04 Å². The van der Waals surface area contributed by atoms with Crippen molar-refractivity contribution in [3.8, 4) is 11.3 Å². The summed E-state index contributed by atoms with van der Waals surface area (Å²) >= 11 is 0. The number of nitrogens with one attached hydrogen (secondary N) is 2. The number of piperazine rings is 1. The lowest BCUT2D eigenvalue weighted by Gasteiger charge is -2.37. The van der Waals surface area contributed by atoms with Gasteiger partial charge in [-0.1, -0.05) is 78.9 Å². The summed E-state index contributed by atoms with van der Waals surface area (Å²) in [6, 6.07) is 28.2. The number of para-hydroxylation sites is 1. The zero-order valence-corrected chi connectivity index (χ0v) is 20.2. The van der Waals surface area contributed by atoms with Crippen molar-refractivity contribution >= 4 is 22.7 Å². The lowest BCUT2D eigenvalue weighted by atomic mass is 10.0. The molecule has 2 heterocycles. The molecular weight excluding hydrogens is 450 g/mol. The number of benzene rings is 3. The monoisotopic (exact) mass is 479 g/mol. The van der Waals surface area contributed by atoms with Gasteiger partial charge in [-0.05, 0) is 24.7 Å². The first kappa shape index (κ1) is 23.7. The second-order valence-corrected chi connectivity index (χ2v) is 9.03. The maximum atomic E-state index is 13.4. The molecule has 7 nitrogen and oxygen atoms in total. The highest BCUT2D eigenvalue weighted by Gasteiger charge is 2.30. The number of aromatic nitrogens is 1. The lowest BCUT2D eigenvalue weighted by Crippen LogP contribution is -2.52. The topological polar surface area (TPSA) is 77.6 Å². The average Bonchev–Trinajstić information content (AvgIpc) is 2.93. The Hall–Kier alpha value is -4.07. The van der Waals surface area contributed by atoms with Gasteiger partial charge in [0.2, 0.25) is 0 Å². The van der Waals surface area contributed by atoms with Gasteiger partial charge in [0.1, 0.15) is 6.04 Å². The number of pyridine rings is 1. The zero-order valence-electron chi connectivity index (χ0n) is 20.2. The maximum absolute atomic E-state index is 13.4. The number of carbonyl (C=O) groups is 2. The number of hydrogen-bond acceptors (Lipinski definition) is 5. The van der Waals surface area contributed by atoms with Gasteiger partial charge in [-0.2, -0.15) is 0 Å². The molecule has 3 aromatic carbocycles. The van der Waals surface area contributed by atoms with Crippen LogP contribution in [-0.4, -0.2) is 59.8 Å². The minimum atomic E-state index is -0.491.